The van der Waals surface area contributed by atoms with E-state index in [1.165, 1.54) is 18.0 Å². The van der Waals surface area contributed by atoms with E-state index in [-0.39, 0.29) is 23.9 Å². The maximum atomic E-state index is 13.6. The van der Waals surface area contributed by atoms with Gasteiger partial charge in [0.05, 0.1) is 27.8 Å². The molecule has 2 aromatic heterocycles. The molecule has 0 fully saturated rings. The Kier molecular flexibility index (Phi) is 8.12. The number of rotatable bonds is 8. The molecule has 0 aliphatic carbocycles. The maximum absolute atomic E-state index is 13.6. The molecule has 43 heavy (non-hydrogen) atoms. The fourth-order valence-electron chi connectivity index (χ4n) is 4.45. The molecule has 6 rings (SSSR count). The van der Waals surface area contributed by atoms with Crippen molar-refractivity contribution < 1.29 is 18.7 Å². The fraction of sp³-hybridized carbons (Fsp3) is 0.0625. The predicted molar refractivity (Wildman–Crippen MR) is 175 cm³/mol. The van der Waals surface area contributed by atoms with Crippen LogP contribution in [0.5, 0.6) is 11.5 Å². The quantitative estimate of drug-likeness (QED) is 0.135. The first kappa shape index (κ1) is 28.4. The maximum Gasteiger partial charge on any atom is 0.282 e. The molecule has 0 aliphatic heterocycles. The van der Waals surface area contributed by atoms with Gasteiger partial charge >= 0.3 is 0 Å². The average Bonchev–Trinajstić information content (AvgIpc) is 3.43. The van der Waals surface area contributed by atoms with Gasteiger partial charge in [-0.3, -0.25) is 9.59 Å². The van der Waals surface area contributed by atoms with Crippen LogP contribution in [0.25, 0.3) is 33.5 Å². The normalized spacial score (nSPS) is 11.3. The van der Waals surface area contributed by atoms with Crippen molar-refractivity contribution in [2.24, 2.45) is 5.10 Å². The minimum Gasteiger partial charge on any atom is -0.493 e. The third-order valence-electron chi connectivity index (χ3n) is 6.43. The standard InChI is InChI=1S/C32H22ClIN4O5/c1-41-27-14-19(13-24(34)30(27)42-18-29(39)36-22-7-3-2-4-8-22)17-35-38-31(37-25-10-6-5-9-23(25)32(38)40)28-16-20-15-21(33)11-12-26(20)43-28/h2-17H,18H2,1H3,(H,36,39). The fourth-order valence-corrected chi connectivity index (χ4v) is 5.41. The second-order valence-electron chi connectivity index (χ2n) is 9.34. The summed E-state index contributed by atoms with van der Waals surface area (Å²) in [5, 5.41) is 9.06. The first-order valence-corrected chi connectivity index (χ1v) is 14.5. The van der Waals surface area contributed by atoms with Gasteiger partial charge in [0.15, 0.2) is 23.9 Å². The Balaban J connectivity index is 1.33. The lowest BCUT2D eigenvalue weighted by Crippen LogP contribution is -2.20. The van der Waals surface area contributed by atoms with Crippen molar-refractivity contribution in [2.45, 2.75) is 0 Å². The van der Waals surface area contributed by atoms with Crippen LogP contribution in [0.3, 0.4) is 0 Å². The number of fused-ring (bicyclic) bond motifs is 2. The van der Waals surface area contributed by atoms with Gasteiger partial charge in [-0.1, -0.05) is 41.9 Å². The summed E-state index contributed by atoms with van der Waals surface area (Å²) in [5.74, 6) is 1.10. The Morgan fingerprint density at radius 1 is 1.07 bits per heavy atom. The first-order valence-electron chi connectivity index (χ1n) is 13.0. The number of ether oxygens (including phenoxy) is 2. The number of hydrogen-bond acceptors (Lipinski definition) is 7. The number of carbonyl (C=O) groups is 1. The highest BCUT2D eigenvalue weighted by atomic mass is 127. The molecule has 1 N–H and O–H groups in total. The highest BCUT2D eigenvalue weighted by molar-refractivity contribution is 14.1. The summed E-state index contributed by atoms with van der Waals surface area (Å²) < 4.78 is 19.3. The molecule has 0 saturated heterocycles. The van der Waals surface area contributed by atoms with E-state index in [0.717, 1.165) is 5.39 Å². The van der Waals surface area contributed by atoms with Crippen molar-refractivity contribution in [2.75, 3.05) is 19.0 Å². The highest BCUT2D eigenvalue weighted by Gasteiger charge is 2.18. The minimum absolute atomic E-state index is 0.209. The van der Waals surface area contributed by atoms with E-state index in [4.69, 9.17) is 30.5 Å². The van der Waals surface area contributed by atoms with Crippen LogP contribution in [0.4, 0.5) is 5.69 Å². The van der Waals surface area contributed by atoms with E-state index in [1.807, 2.05) is 24.3 Å². The third kappa shape index (κ3) is 6.11. The molecule has 2 heterocycles. The van der Waals surface area contributed by atoms with Crippen molar-refractivity contribution in [1.29, 1.82) is 0 Å². The zero-order valence-electron chi connectivity index (χ0n) is 22.6. The molecular formula is C32H22ClIN4O5. The number of benzene rings is 4. The van der Waals surface area contributed by atoms with Crippen LogP contribution in [0.1, 0.15) is 5.56 Å². The largest absolute Gasteiger partial charge is 0.493 e. The lowest BCUT2D eigenvalue weighted by atomic mass is 10.2. The van der Waals surface area contributed by atoms with Crippen molar-refractivity contribution in [1.82, 2.24) is 9.66 Å². The van der Waals surface area contributed by atoms with Gasteiger partial charge in [0, 0.05) is 16.1 Å². The van der Waals surface area contributed by atoms with Gasteiger partial charge in [0.2, 0.25) is 5.82 Å². The molecule has 1 amide bonds. The summed E-state index contributed by atoms with van der Waals surface area (Å²) >= 11 is 8.27. The van der Waals surface area contributed by atoms with Crippen LogP contribution in [-0.2, 0) is 4.79 Å². The van der Waals surface area contributed by atoms with Crippen LogP contribution in [-0.4, -0.2) is 35.5 Å². The van der Waals surface area contributed by atoms with E-state index in [1.54, 1.807) is 66.7 Å². The molecule has 0 saturated carbocycles. The highest BCUT2D eigenvalue weighted by Crippen LogP contribution is 2.34. The molecule has 4 aromatic carbocycles. The van der Waals surface area contributed by atoms with Crippen LogP contribution in [0.15, 0.2) is 105 Å². The SMILES string of the molecule is COc1cc(C=Nn2c(-c3cc4cc(Cl)ccc4o3)nc3ccccc3c2=O)cc(I)c1OCC(=O)Nc1ccccc1. The molecule has 214 valence electrons. The number of amides is 1. The topological polar surface area (TPSA) is 108 Å². The lowest BCUT2D eigenvalue weighted by Gasteiger charge is -2.13. The smallest absolute Gasteiger partial charge is 0.282 e. The number of methoxy groups -OCH3 is 1. The third-order valence-corrected chi connectivity index (χ3v) is 7.47. The zero-order chi connectivity index (χ0) is 29.9. The van der Waals surface area contributed by atoms with Crippen LogP contribution in [0, 0.1) is 3.57 Å². The Hall–Kier alpha value is -4.68. The van der Waals surface area contributed by atoms with Crippen LogP contribution in [0.2, 0.25) is 5.02 Å². The Morgan fingerprint density at radius 2 is 1.86 bits per heavy atom. The summed E-state index contributed by atoms with van der Waals surface area (Å²) in [5.41, 5.74) is 2.06. The molecule has 11 heteroatoms. The molecular weight excluding hydrogens is 683 g/mol. The van der Waals surface area contributed by atoms with Gasteiger partial charge in [-0.2, -0.15) is 9.78 Å². The summed E-state index contributed by atoms with van der Waals surface area (Å²) in [6.07, 6.45) is 1.53. The molecule has 6 aromatic rings. The second kappa shape index (κ2) is 12.3. The van der Waals surface area contributed by atoms with Crippen molar-refractivity contribution >= 4 is 73.9 Å². The zero-order valence-corrected chi connectivity index (χ0v) is 25.5. The molecule has 0 bridgehead atoms. The van der Waals surface area contributed by atoms with E-state index in [2.05, 4.69) is 33.0 Å². The summed E-state index contributed by atoms with van der Waals surface area (Å²) in [6, 6.07) is 26.7. The molecule has 0 aliphatic rings. The predicted octanol–water partition coefficient (Wildman–Crippen LogP) is 6.98. The van der Waals surface area contributed by atoms with Gasteiger partial charge in [-0.25, -0.2) is 4.98 Å². The number of aromatic nitrogens is 2. The Labute approximate surface area is 263 Å². The average molecular weight is 705 g/mol. The van der Waals surface area contributed by atoms with Crippen LogP contribution < -0.4 is 20.3 Å². The minimum atomic E-state index is -0.360. The summed E-state index contributed by atoms with van der Waals surface area (Å²) in [6.45, 7) is -0.209. The molecule has 0 spiro atoms. The summed E-state index contributed by atoms with van der Waals surface area (Å²) in [4.78, 5) is 30.7. The summed E-state index contributed by atoms with van der Waals surface area (Å²) in [7, 11) is 1.51. The Morgan fingerprint density at radius 3 is 2.67 bits per heavy atom. The van der Waals surface area contributed by atoms with E-state index in [9.17, 15) is 9.59 Å². The number of hydrogen-bond donors (Lipinski definition) is 1. The Bertz CT molecular complexity index is 2070. The number of halogens is 2. The molecule has 0 radical (unpaired) electrons. The number of furan rings is 1. The lowest BCUT2D eigenvalue weighted by molar-refractivity contribution is -0.118. The number of anilines is 1. The molecule has 0 unspecified atom stereocenters. The monoisotopic (exact) mass is 704 g/mol. The van der Waals surface area contributed by atoms with Gasteiger partial charge in [-0.15, -0.1) is 0 Å². The first-order chi connectivity index (χ1) is 20.9. The van der Waals surface area contributed by atoms with Gasteiger partial charge in [0.25, 0.3) is 11.5 Å². The van der Waals surface area contributed by atoms with Gasteiger partial charge in [-0.05, 0) is 88.8 Å². The van der Waals surface area contributed by atoms with E-state index >= 15 is 0 Å². The second-order valence-corrected chi connectivity index (χ2v) is 10.9. The van der Waals surface area contributed by atoms with Crippen molar-refractivity contribution in [3.63, 3.8) is 0 Å². The van der Waals surface area contributed by atoms with Crippen molar-refractivity contribution in [3.05, 3.63) is 116 Å². The number of para-hydroxylation sites is 2. The number of nitrogens with zero attached hydrogens (tertiary/aromatic N) is 3. The number of nitrogens with one attached hydrogen (secondary N) is 1. The van der Waals surface area contributed by atoms with Crippen LogP contribution >= 0.6 is 34.2 Å². The van der Waals surface area contributed by atoms with Gasteiger partial charge < -0.3 is 19.2 Å². The van der Waals surface area contributed by atoms with E-state index in [0.29, 0.717) is 53.6 Å². The number of carbonyl (C=O) groups excluding carboxylic acids is 1. The molecule has 0 atom stereocenters. The van der Waals surface area contributed by atoms with E-state index < -0.39 is 0 Å². The van der Waals surface area contributed by atoms with Crippen molar-refractivity contribution in [3.8, 4) is 23.1 Å². The van der Waals surface area contributed by atoms with Gasteiger partial charge in [0.1, 0.15) is 5.58 Å². The molecule has 9 nitrogen and oxygen atoms in total.